The lowest BCUT2D eigenvalue weighted by molar-refractivity contribution is -0.386. The van der Waals surface area contributed by atoms with Gasteiger partial charge in [-0.15, -0.1) is 0 Å². The molecule has 0 aliphatic heterocycles. The second kappa shape index (κ2) is 5.66. The number of aryl methyl sites for hydroxylation is 1. The van der Waals surface area contributed by atoms with Crippen LogP contribution in [-0.4, -0.2) is 15.0 Å². The molecule has 2 aromatic rings. The molecular weight excluding hydrogens is 260 g/mol. The minimum atomic E-state index is -0.775. The van der Waals surface area contributed by atoms with Gasteiger partial charge >= 0.3 is 5.69 Å². The van der Waals surface area contributed by atoms with E-state index in [1.807, 2.05) is 0 Å². The minimum Gasteiger partial charge on any atom is -0.431 e. The van der Waals surface area contributed by atoms with Crippen LogP contribution in [0.25, 0.3) is 0 Å². The first-order valence-corrected chi connectivity index (χ1v) is 6.05. The molecule has 2 rings (SSSR count). The van der Waals surface area contributed by atoms with Crippen LogP contribution in [-0.2, 0) is 0 Å². The van der Waals surface area contributed by atoms with Crippen LogP contribution in [0.1, 0.15) is 24.2 Å². The normalized spacial score (nSPS) is 11.9. The smallest absolute Gasteiger partial charge is 0.314 e. The number of aliphatic hydroxyl groups excluding tert-OH is 1. The number of hydrogen-bond donors (Lipinski definition) is 1. The molecule has 104 valence electrons. The van der Waals surface area contributed by atoms with Crippen LogP contribution >= 0.6 is 0 Å². The summed E-state index contributed by atoms with van der Waals surface area (Å²) < 4.78 is 5.53. The summed E-state index contributed by atoms with van der Waals surface area (Å²) in [6.07, 6.45) is 0.727. The molecule has 1 atom stereocenters. The molecule has 1 aromatic heterocycles. The number of rotatable bonds is 4. The third-order valence-electron chi connectivity index (χ3n) is 2.84. The maximum Gasteiger partial charge on any atom is 0.314 e. The molecule has 0 saturated heterocycles. The number of aliphatic hydroxyl groups is 1. The minimum absolute atomic E-state index is 0.102. The fourth-order valence-electron chi connectivity index (χ4n) is 1.86. The third kappa shape index (κ3) is 2.75. The van der Waals surface area contributed by atoms with E-state index in [0.29, 0.717) is 11.1 Å². The van der Waals surface area contributed by atoms with E-state index in [9.17, 15) is 15.2 Å². The Hall–Kier alpha value is -2.47. The van der Waals surface area contributed by atoms with Gasteiger partial charge in [0.2, 0.25) is 11.6 Å². The van der Waals surface area contributed by atoms with Crippen LogP contribution in [0.5, 0.6) is 11.6 Å². The average molecular weight is 274 g/mol. The number of nitro benzene ring substituents is 1. The molecule has 1 N–H and O–H groups in total. The fraction of sp³-hybridized carbons (Fsp3) is 0.214. The van der Waals surface area contributed by atoms with Crippen LogP contribution in [0.2, 0.25) is 0 Å². The van der Waals surface area contributed by atoms with Gasteiger partial charge in [0.15, 0.2) is 0 Å². The number of ether oxygens (including phenoxy) is 1. The topological polar surface area (TPSA) is 85.5 Å². The average Bonchev–Trinajstić information content (AvgIpc) is 2.38. The lowest BCUT2D eigenvalue weighted by atomic mass is 10.1. The highest BCUT2D eigenvalue weighted by Gasteiger charge is 2.20. The van der Waals surface area contributed by atoms with E-state index >= 15 is 0 Å². The second-order valence-electron chi connectivity index (χ2n) is 4.35. The molecule has 0 amide bonds. The third-order valence-corrected chi connectivity index (χ3v) is 2.84. The van der Waals surface area contributed by atoms with Crippen LogP contribution < -0.4 is 4.74 Å². The molecule has 0 unspecified atom stereocenters. The highest BCUT2D eigenvalue weighted by Crippen LogP contribution is 2.35. The van der Waals surface area contributed by atoms with Crippen molar-refractivity contribution in [2.24, 2.45) is 0 Å². The van der Waals surface area contributed by atoms with Gasteiger partial charge in [-0.3, -0.25) is 10.1 Å². The zero-order chi connectivity index (χ0) is 14.7. The molecule has 6 heteroatoms. The number of nitrogens with zero attached hydrogens (tertiary/aromatic N) is 2. The van der Waals surface area contributed by atoms with E-state index in [0.717, 1.165) is 0 Å². The van der Waals surface area contributed by atoms with E-state index in [-0.39, 0.29) is 17.3 Å². The van der Waals surface area contributed by atoms with Crippen LogP contribution in [0, 0.1) is 17.0 Å². The van der Waals surface area contributed by atoms with E-state index in [1.165, 1.54) is 12.3 Å². The number of pyridine rings is 1. The number of benzene rings is 1. The van der Waals surface area contributed by atoms with Gasteiger partial charge in [0, 0.05) is 17.3 Å². The van der Waals surface area contributed by atoms with Gasteiger partial charge in [0.05, 0.1) is 11.0 Å². The van der Waals surface area contributed by atoms with Gasteiger partial charge in [0.25, 0.3) is 0 Å². The summed E-state index contributed by atoms with van der Waals surface area (Å²) in [4.78, 5) is 14.6. The summed E-state index contributed by atoms with van der Waals surface area (Å²) in [5.41, 5.74) is 0.875. The number of nitro groups is 1. The van der Waals surface area contributed by atoms with Crippen molar-refractivity contribution >= 4 is 5.69 Å². The summed E-state index contributed by atoms with van der Waals surface area (Å²) in [7, 11) is 0. The van der Waals surface area contributed by atoms with Crippen molar-refractivity contribution in [1.82, 2.24) is 4.98 Å². The van der Waals surface area contributed by atoms with Gasteiger partial charge in [-0.05, 0) is 32.0 Å². The standard InChI is InChI=1S/C14H14N2O4/c1-9-5-3-7-12(13(9)16(18)19)20-14-11(10(2)17)6-4-8-15-14/h3-8,10,17H,1-2H3/t10-/m1/s1. The molecule has 0 bridgehead atoms. The largest absolute Gasteiger partial charge is 0.431 e. The first-order chi connectivity index (χ1) is 9.50. The first kappa shape index (κ1) is 14.0. The van der Waals surface area contributed by atoms with E-state index in [4.69, 9.17) is 4.74 Å². The summed E-state index contributed by atoms with van der Waals surface area (Å²) in [6.45, 7) is 3.22. The molecule has 6 nitrogen and oxygen atoms in total. The second-order valence-corrected chi connectivity index (χ2v) is 4.35. The molecule has 0 spiro atoms. The molecule has 1 heterocycles. The molecular formula is C14H14N2O4. The van der Waals surface area contributed by atoms with Crippen LogP contribution in [0.15, 0.2) is 36.5 Å². The predicted octanol–water partition coefficient (Wildman–Crippen LogP) is 3.14. The molecule has 1 aromatic carbocycles. The van der Waals surface area contributed by atoms with Crippen molar-refractivity contribution in [3.63, 3.8) is 0 Å². The Bertz CT molecular complexity index is 641. The monoisotopic (exact) mass is 274 g/mol. The van der Waals surface area contributed by atoms with Crippen LogP contribution in [0.3, 0.4) is 0 Å². The Balaban J connectivity index is 2.46. The van der Waals surface area contributed by atoms with Gasteiger partial charge in [-0.2, -0.15) is 0 Å². The Morgan fingerprint density at radius 1 is 1.35 bits per heavy atom. The van der Waals surface area contributed by atoms with Crippen molar-refractivity contribution in [3.8, 4) is 11.6 Å². The maximum atomic E-state index is 11.1. The van der Waals surface area contributed by atoms with Gasteiger partial charge in [0.1, 0.15) is 0 Å². The summed E-state index contributed by atoms with van der Waals surface area (Å²) in [6, 6.07) is 8.14. The first-order valence-electron chi connectivity index (χ1n) is 6.05. The molecule has 0 aliphatic carbocycles. The lowest BCUT2D eigenvalue weighted by Gasteiger charge is -2.12. The molecule has 0 aliphatic rings. The fourth-order valence-corrected chi connectivity index (χ4v) is 1.86. The Morgan fingerprint density at radius 3 is 2.75 bits per heavy atom. The van der Waals surface area contributed by atoms with Crippen LogP contribution in [0.4, 0.5) is 5.69 Å². The zero-order valence-corrected chi connectivity index (χ0v) is 11.1. The number of aromatic nitrogens is 1. The Morgan fingerprint density at radius 2 is 2.10 bits per heavy atom. The van der Waals surface area contributed by atoms with Crippen molar-refractivity contribution in [3.05, 3.63) is 57.8 Å². The Kier molecular flexibility index (Phi) is 3.95. The quantitative estimate of drug-likeness (QED) is 0.683. The SMILES string of the molecule is Cc1cccc(Oc2ncccc2[C@@H](C)O)c1[N+](=O)[O-]. The highest BCUT2D eigenvalue weighted by atomic mass is 16.6. The lowest BCUT2D eigenvalue weighted by Crippen LogP contribution is -2.01. The summed E-state index contributed by atoms with van der Waals surface area (Å²) in [5.74, 6) is 0.270. The number of hydrogen-bond acceptors (Lipinski definition) is 5. The van der Waals surface area contributed by atoms with Gasteiger partial charge in [-0.25, -0.2) is 4.98 Å². The highest BCUT2D eigenvalue weighted by molar-refractivity contribution is 5.53. The van der Waals surface area contributed by atoms with Crippen molar-refractivity contribution in [2.75, 3.05) is 0 Å². The Labute approximate surface area is 115 Å². The van der Waals surface area contributed by atoms with Gasteiger partial charge < -0.3 is 9.84 Å². The van der Waals surface area contributed by atoms with Crippen molar-refractivity contribution in [1.29, 1.82) is 0 Å². The molecule has 0 radical (unpaired) electrons. The van der Waals surface area contributed by atoms with Gasteiger partial charge in [-0.1, -0.05) is 12.1 Å². The van der Waals surface area contributed by atoms with Crippen molar-refractivity contribution in [2.45, 2.75) is 20.0 Å². The molecule has 0 saturated carbocycles. The molecule has 20 heavy (non-hydrogen) atoms. The molecule has 0 fully saturated rings. The maximum absolute atomic E-state index is 11.1. The van der Waals surface area contributed by atoms with Crippen molar-refractivity contribution < 1.29 is 14.8 Å². The zero-order valence-electron chi connectivity index (χ0n) is 11.1. The van der Waals surface area contributed by atoms with E-state index in [1.54, 1.807) is 38.1 Å². The number of para-hydroxylation sites is 1. The van der Waals surface area contributed by atoms with E-state index < -0.39 is 11.0 Å². The summed E-state index contributed by atoms with van der Waals surface area (Å²) in [5, 5.41) is 20.8. The summed E-state index contributed by atoms with van der Waals surface area (Å²) >= 11 is 0. The predicted molar refractivity (Wildman–Crippen MR) is 72.8 cm³/mol. The van der Waals surface area contributed by atoms with E-state index in [2.05, 4.69) is 4.98 Å².